The lowest BCUT2D eigenvalue weighted by Crippen LogP contribution is -2.55. The maximum absolute atomic E-state index is 13.3. The second kappa shape index (κ2) is 4.60. The molecular formula is C18H17NO6. The van der Waals surface area contributed by atoms with Gasteiger partial charge in [0, 0.05) is 12.3 Å². The number of hydrogen-bond acceptors (Lipinski definition) is 5. The molecule has 4 aliphatic rings. The Kier molecular flexibility index (Phi) is 2.74. The summed E-state index contributed by atoms with van der Waals surface area (Å²) >= 11 is 0. The van der Waals surface area contributed by atoms with Crippen molar-refractivity contribution in [1.82, 2.24) is 4.90 Å². The van der Waals surface area contributed by atoms with E-state index in [2.05, 4.69) is 0 Å². The number of ketones is 1. The highest BCUT2D eigenvalue weighted by Crippen LogP contribution is 2.59. The number of carbonyl (C=O) groups excluding carboxylic acids is 2. The molecule has 0 aliphatic carbocycles. The van der Waals surface area contributed by atoms with Crippen molar-refractivity contribution in [3.05, 3.63) is 36.3 Å². The van der Waals surface area contributed by atoms with Crippen molar-refractivity contribution in [2.45, 2.75) is 37.1 Å². The van der Waals surface area contributed by atoms with Crippen LogP contribution in [-0.4, -0.2) is 45.4 Å². The van der Waals surface area contributed by atoms with E-state index >= 15 is 0 Å². The van der Waals surface area contributed by atoms with Gasteiger partial charge < -0.3 is 19.2 Å². The van der Waals surface area contributed by atoms with Crippen molar-refractivity contribution in [3.63, 3.8) is 0 Å². The Bertz CT molecular complexity index is 814. The van der Waals surface area contributed by atoms with Crippen LogP contribution in [-0.2, 0) is 19.1 Å². The first-order valence-electron chi connectivity index (χ1n) is 8.44. The third kappa shape index (κ3) is 1.62. The summed E-state index contributed by atoms with van der Waals surface area (Å²) < 4.78 is 11.5. The van der Waals surface area contributed by atoms with Gasteiger partial charge in [0.05, 0.1) is 30.4 Å². The lowest BCUT2D eigenvalue weighted by molar-refractivity contribution is -0.152. The summed E-state index contributed by atoms with van der Waals surface area (Å²) in [7, 11) is 0. The highest BCUT2D eigenvalue weighted by Gasteiger charge is 2.74. The first kappa shape index (κ1) is 14.9. The number of carboxylic acids is 1. The molecule has 0 saturated carbocycles. The normalized spacial score (nSPS) is 44.3. The van der Waals surface area contributed by atoms with Crippen molar-refractivity contribution in [2.75, 3.05) is 0 Å². The molecule has 5 rings (SSSR count). The van der Waals surface area contributed by atoms with E-state index < -0.39 is 47.5 Å². The van der Waals surface area contributed by atoms with Crippen molar-refractivity contribution in [3.8, 4) is 0 Å². The highest BCUT2D eigenvalue weighted by atomic mass is 16.5. The van der Waals surface area contributed by atoms with E-state index in [4.69, 9.17) is 9.15 Å². The predicted octanol–water partition coefficient (Wildman–Crippen LogP) is 1.16. The van der Waals surface area contributed by atoms with Crippen molar-refractivity contribution >= 4 is 17.7 Å². The summed E-state index contributed by atoms with van der Waals surface area (Å²) in [6, 6.07) is 2.44. The molecule has 1 aromatic heterocycles. The Morgan fingerprint density at radius 3 is 2.88 bits per heavy atom. The van der Waals surface area contributed by atoms with Gasteiger partial charge in [0.2, 0.25) is 5.91 Å². The first-order valence-corrected chi connectivity index (χ1v) is 8.44. The Hall–Kier alpha value is -2.41. The zero-order chi connectivity index (χ0) is 17.5. The molecule has 0 radical (unpaired) electrons. The van der Waals surface area contributed by atoms with Gasteiger partial charge in [-0.1, -0.05) is 19.1 Å². The summed E-state index contributed by atoms with van der Waals surface area (Å²) in [5, 5.41) is 9.63. The number of rotatable bonds is 2. The van der Waals surface area contributed by atoms with E-state index in [1.807, 2.05) is 0 Å². The monoisotopic (exact) mass is 343 g/mol. The number of aliphatic carboxylic acids is 1. The molecule has 0 aromatic carbocycles. The van der Waals surface area contributed by atoms with E-state index in [1.165, 1.54) is 6.26 Å². The summed E-state index contributed by atoms with van der Waals surface area (Å²) in [5.74, 6) is -2.85. The van der Waals surface area contributed by atoms with E-state index in [-0.39, 0.29) is 18.1 Å². The van der Waals surface area contributed by atoms with Crippen LogP contribution < -0.4 is 0 Å². The van der Waals surface area contributed by atoms with Crippen LogP contribution in [0.2, 0.25) is 0 Å². The SMILES string of the molecule is C[C@@H]1C(=O)C[C@@H](c2ccco2)N2C(=O)[C@@H]3[C@@H](C(=O)O)[C@@H]4C=C[C@@]3(O4)[C@@H]12. The number of hydrogen-bond donors (Lipinski definition) is 1. The number of Topliss-reactive ketones (excluding diaryl/α,β-unsaturated/α-hetero) is 1. The molecule has 2 bridgehead atoms. The molecule has 7 heteroatoms. The highest BCUT2D eigenvalue weighted by molar-refractivity contribution is 5.95. The van der Waals surface area contributed by atoms with Crippen LogP contribution in [0, 0.1) is 17.8 Å². The van der Waals surface area contributed by atoms with Gasteiger partial charge >= 0.3 is 5.97 Å². The average Bonchev–Trinajstić information content (AvgIpc) is 3.32. The maximum atomic E-state index is 13.3. The fourth-order valence-corrected chi connectivity index (χ4v) is 5.25. The fraction of sp³-hybridized carbons (Fsp3) is 0.500. The van der Waals surface area contributed by atoms with Crippen LogP contribution in [0.25, 0.3) is 0 Å². The molecule has 25 heavy (non-hydrogen) atoms. The third-order valence-corrected chi connectivity index (χ3v) is 6.24. The maximum Gasteiger partial charge on any atom is 0.310 e. The molecule has 7 atom stereocenters. The molecule has 1 amide bonds. The molecule has 130 valence electrons. The number of fused-ring (bicyclic) bond motifs is 2. The van der Waals surface area contributed by atoms with Gasteiger partial charge in [0.25, 0.3) is 0 Å². The second-order valence-corrected chi connectivity index (χ2v) is 7.32. The van der Waals surface area contributed by atoms with Crippen LogP contribution in [0.5, 0.6) is 0 Å². The molecule has 1 N–H and O–H groups in total. The zero-order valence-electron chi connectivity index (χ0n) is 13.5. The Labute approximate surface area is 143 Å². The molecule has 4 aliphatic heterocycles. The molecular weight excluding hydrogens is 326 g/mol. The molecule has 3 saturated heterocycles. The van der Waals surface area contributed by atoms with E-state index in [0.717, 1.165) is 0 Å². The predicted molar refractivity (Wildman–Crippen MR) is 82.2 cm³/mol. The summed E-state index contributed by atoms with van der Waals surface area (Å²) in [5.41, 5.74) is -1.04. The van der Waals surface area contributed by atoms with Gasteiger partial charge in [-0.15, -0.1) is 0 Å². The Balaban J connectivity index is 1.67. The second-order valence-electron chi connectivity index (χ2n) is 7.32. The molecule has 7 nitrogen and oxygen atoms in total. The Morgan fingerprint density at radius 2 is 2.20 bits per heavy atom. The zero-order valence-corrected chi connectivity index (χ0v) is 13.5. The largest absolute Gasteiger partial charge is 0.481 e. The minimum absolute atomic E-state index is 0.0321. The van der Waals surface area contributed by atoms with Crippen molar-refractivity contribution in [2.24, 2.45) is 17.8 Å². The Morgan fingerprint density at radius 1 is 1.40 bits per heavy atom. The summed E-state index contributed by atoms with van der Waals surface area (Å²) in [6.07, 6.45) is 4.59. The summed E-state index contributed by atoms with van der Waals surface area (Å²) in [6.45, 7) is 1.79. The van der Waals surface area contributed by atoms with Gasteiger partial charge in [0.1, 0.15) is 23.1 Å². The van der Waals surface area contributed by atoms with Crippen LogP contribution >= 0.6 is 0 Å². The van der Waals surface area contributed by atoms with Crippen LogP contribution in [0.4, 0.5) is 0 Å². The minimum atomic E-state index is -1.04. The quantitative estimate of drug-likeness (QED) is 0.810. The number of ether oxygens (including phenoxy) is 1. The van der Waals surface area contributed by atoms with E-state index in [1.54, 1.807) is 36.1 Å². The molecule has 3 fully saturated rings. The average molecular weight is 343 g/mol. The lowest BCUT2D eigenvalue weighted by Gasteiger charge is -2.43. The number of carboxylic acid groups (broad SMARTS) is 1. The topological polar surface area (TPSA) is 97.1 Å². The van der Waals surface area contributed by atoms with Crippen LogP contribution in [0.1, 0.15) is 25.1 Å². The van der Waals surface area contributed by atoms with E-state index in [9.17, 15) is 19.5 Å². The molecule has 1 spiro atoms. The smallest absolute Gasteiger partial charge is 0.310 e. The van der Waals surface area contributed by atoms with Gasteiger partial charge in [0.15, 0.2) is 0 Å². The minimum Gasteiger partial charge on any atom is -0.481 e. The number of nitrogens with zero attached hydrogens (tertiary/aromatic N) is 1. The number of amides is 1. The van der Waals surface area contributed by atoms with Crippen LogP contribution in [0.15, 0.2) is 35.0 Å². The lowest BCUT2D eigenvalue weighted by atomic mass is 9.71. The van der Waals surface area contributed by atoms with Gasteiger partial charge in [-0.05, 0) is 12.1 Å². The van der Waals surface area contributed by atoms with Crippen molar-refractivity contribution < 1.29 is 28.6 Å². The molecule has 0 unspecified atom stereocenters. The number of furan rings is 1. The number of piperidine rings is 1. The van der Waals surface area contributed by atoms with Gasteiger partial charge in [-0.25, -0.2) is 0 Å². The van der Waals surface area contributed by atoms with E-state index in [0.29, 0.717) is 5.76 Å². The molecule has 1 aromatic rings. The number of carbonyl (C=O) groups is 3. The first-order chi connectivity index (χ1) is 12.0. The van der Waals surface area contributed by atoms with Crippen LogP contribution in [0.3, 0.4) is 0 Å². The van der Waals surface area contributed by atoms with Gasteiger partial charge in [-0.3, -0.25) is 14.4 Å². The van der Waals surface area contributed by atoms with Gasteiger partial charge in [-0.2, -0.15) is 0 Å². The fourth-order valence-electron chi connectivity index (χ4n) is 5.25. The standard InChI is InChI=1S/C18H17NO6/c1-8-10(20)7-9(11-3-2-6-24-11)19-15(8)18-5-4-12(25-18)13(17(22)23)14(18)16(19)21/h2-6,8-9,12-15H,7H2,1H3,(H,22,23)/t8-,9+,12+,13+,14+,15-,18+/m1/s1. The van der Waals surface area contributed by atoms with Crippen molar-refractivity contribution in [1.29, 1.82) is 0 Å². The third-order valence-electron chi connectivity index (χ3n) is 6.24. The molecule has 5 heterocycles. The summed E-state index contributed by atoms with van der Waals surface area (Å²) in [4.78, 5) is 39.3.